The van der Waals surface area contributed by atoms with E-state index in [2.05, 4.69) is 207 Å². The molecule has 0 saturated heterocycles. The van der Waals surface area contributed by atoms with Crippen molar-refractivity contribution in [2.75, 3.05) is 4.90 Å². The lowest BCUT2D eigenvalue weighted by Crippen LogP contribution is -2.16. The number of nitrogens with zero attached hydrogens (tertiary/aromatic N) is 1. The normalized spacial score (nSPS) is 13.3. The van der Waals surface area contributed by atoms with Crippen LogP contribution in [0, 0.1) is 0 Å². The van der Waals surface area contributed by atoms with Gasteiger partial charge in [0.15, 0.2) is 0 Å². The molecule has 0 heterocycles. The minimum absolute atomic E-state index is 0.0908. The third kappa shape index (κ3) is 5.19. The monoisotopic (exact) mass is 639 g/mol. The Hall–Kier alpha value is -6.18. The van der Waals surface area contributed by atoms with Crippen LogP contribution in [-0.4, -0.2) is 0 Å². The van der Waals surface area contributed by atoms with Gasteiger partial charge in [-0.25, -0.2) is 0 Å². The van der Waals surface area contributed by atoms with E-state index in [1.54, 1.807) is 0 Å². The van der Waals surface area contributed by atoms with Crippen molar-refractivity contribution in [3.63, 3.8) is 0 Å². The summed E-state index contributed by atoms with van der Waals surface area (Å²) in [5.41, 5.74) is 13.5. The molecule has 0 aromatic heterocycles. The first-order valence-electron chi connectivity index (χ1n) is 17.4. The van der Waals surface area contributed by atoms with Crippen LogP contribution in [0.4, 0.5) is 17.1 Å². The average Bonchev–Trinajstić information content (AvgIpc) is 3.46. The fourth-order valence-electron chi connectivity index (χ4n) is 7.75. The number of fused-ring (bicyclic) bond motifs is 4. The van der Waals surface area contributed by atoms with E-state index >= 15 is 0 Å². The van der Waals surface area contributed by atoms with Crippen LogP contribution in [0.1, 0.15) is 30.5 Å². The molecule has 0 spiro atoms. The van der Waals surface area contributed by atoms with Crippen molar-refractivity contribution in [2.45, 2.75) is 19.3 Å². The zero-order valence-corrected chi connectivity index (χ0v) is 28.3. The summed E-state index contributed by atoms with van der Waals surface area (Å²) >= 11 is 0. The maximum Gasteiger partial charge on any atom is 0.0462 e. The van der Waals surface area contributed by atoms with E-state index in [-0.39, 0.29) is 5.41 Å². The lowest BCUT2D eigenvalue weighted by atomic mass is 9.78. The first-order valence-corrected chi connectivity index (χ1v) is 17.4. The van der Waals surface area contributed by atoms with Gasteiger partial charge in [0, 0.05) is 22.5 Å². The zero-order chi connectivity index (χ0) is 33.7. The summed E-state index contributed by atoms with van der Waals surface area (Å²) in [6.07, 6.45) is 2.41. The fourth-order valence-corrected chi connectivity index (χ4v) is 7.75. The Morgan fingerprint density at radius 3 is 1.52 bits per heavy atom. The first-order chi connectivity index (χ1) is 24.5. The van der Waals surface area contributed by atoms with E-state index in [9.17, 15) is 0 Å². The van der Waals surface area contributed by atoms with Crippen molar-refractivity contribution >= 4 is 50.3 Å². The summed E-state index contributed by atoms with van der Waals surface area (Å²) < 4.78 is 0. The molecule has 1 aliphatic carbocycles. The Balaban J connectivity index is 1.09. The molecule has 0 unspecified atom stereocenters. The highest BCUT2D eigenvalue weighted by Crippen LogP contribution is 2.49. The van der Waals surface area contributed by atoms with Gasteiger partial charge in [-0.15, -0.1) is 0 Å². The van der Waals surface area contributed by atoms with Gasteiger partial charge in [0.1, 0.15) is 0 Å². The smallest absolute Gasteiger partial charge is 0.0462 e. The molecule has 0 radical (unpaired) electrons. The molecule has 238 valence electrons. The van der Waals surface area contributed by atoms with E-state index in [0.29, 0.717) is 0 Å². The third-order valence-electron chi connectivity index (χ3n) is 10.5. The van der Waals surface area contributed by atoms with Crippen molar-refractivity contribution in [2.24, 2.45) is 0 Å². The van der Waals surface area contributed by atoms with Gasteiger partial charge in [0.2, 0.25) is 0 Å². The van der Waals surface area contributed by atoms with Gasteiger partial charge in [-0.05, 0) is 115 Å². The van der Waals surface area contributed by atoms with Gasteiger partial charge in [-0.2, -0.15) is 0 Å². The molecular formula is C49H37N. The van der Waals surface area contributed by atoms with Crippen LogP contribution < -0.4 is 4.90 Å². The minimum Gasteiger partial charge on any atom is -0.311 e. The van der Waals surface area contributed by atoms with Crippen LogP contribution in [0.3, 0.4) is 0 Å². The highest BCUT2D eigenvalue weighted by atomic mass is 15.1. The maximum atomic E-state index is 2.41. The minimum atomic E-state index is -0.0908. The number of hydrogen-bond donors (Lipinski definition) is 0. The summed E-state index contributed by atoms with van der Waals surface area (Å²) in [6.45, 7) is 4.70. The molecule has 50 heavy (non-hydrogen) atoms. The lowest BCUT2D eigenvalue weighted by molar-refractivity contribution is 0.705. The Labute approximate surface area is 294 Å². The molecule has 1 heteroatoms. The Morgan fingerprint density at radius 2 is 0.860 bits per heavy atom. The summed E-state index contributed by atoms with van der Waals surface area (Å²) in [5.74, 6) is 0. The molecule has 8 aromatic rings. The fraction of sp³-hybridized carbons (Fsp3) is 0.0612. The quantitative estimate of drug-likeness (QED) is 0.175. The second-order valence-corrected chi connectivity index (χ2v) is 13.8. The van der Waals surface area contributed by atoms with E-state index in [0.717, 1.165) is 17.1 Å². The van der Waals surface area contributed by atoms with Crippen molar-refractivity contribution in [3.8, 4) is 22.3 Å². The second kappa shape index (κ2) is 12.1. The van der Waals surface area contributed by atoms with Crippen LogP contribution in [0.15, 0.2) is 182 Å². The predicted octanol–water partition coefficient (Wildman–Crippen LogP) is 13.6. The largest absolute Gasteiger partial charge is 0.311 e. The van der Waals surface area contributed by atoms with Gasteiger partial charge in [0.05, 0.1) is 0 Å². The van der Waals surface area contributed by atoms with Gasteiger partial charge < -0.3 is 4.90 Å². The van der Waals surface area contributed by atoms with Gasteiger partial charge in [-0.1, -0.05) is 153 Å². The molecule has 0 N–H and O–H groups in total. The van der Waals surface area contributed by atoms with Crippen molar-refractivity contribution in [1.29, 1.82) is 0 Å². The summed E-state index contributed by atoms with van der Waals surface area (Å²) in [4.78, 5) is 2.36. The van der Waals surface area contributed by atoms with E-state index in [4.69, 9.17) is 0 Å². The van der Waals surface area contributed by atoms with Gasteiger partial charge in [-0.3, -0.25) is 0 Å². The molecule has 0 saturated carbocycles. The number of anilines is 3. The highest BCUT2D eigenvalue weighted by molar-refractivity contribution is 6.03. The Morgan fingerprint density at radius 1 is 0.380 bits per heavy atom. The Bertz CT molecular complexity index is 2520. The van der Waals surface area contributed by atoms with Crippen molar-refractivity contribution in [1.82, 2.24) is 0 Å². The second-order valence-electron chi connectivity index (χ2n) is 13.8. The summed E-state index contributed by atoms with van der Waals surface area (Å²) in [5, 5.41) is 5.12. The molecule has 8 aromatic carbocycles. The molecule has 9 rings (SSSR count). The summed E-state index contributed by atoms with van der Waals surface area (Å²) in [6, 6.07) is 66.2. The van der Waals surface area contributed by atoms with Crippen LogP contribution in [0.2, 0.25) is 0 Å². The van der Waals surface area contributed by atoms with Crippen LogP contribution in [0.5, 0.6) is 0 Å². The molecule has 0 aliphatic heterocycles. The van der Waals surface area contributed by atoms with E-state index < -0.39 is 0 Å². The number of rotatable bonds is 6. The van der Waals surface area contributed by atoms with Gasteiger partial charge in [0.25, 0.3) is 0 Å². The van der Waals surface area contributed by atoms with Crippen LogP contribution >= 0.6 is 0 Å². The predicted molar refractivity (Wildman–Crippen MR) is 214 cm³/mol. The lowest BCUT2D eigenvalue weighted by Gasteiger charge is -2.28. The molecule has 0 atom stereocenters. The topological polar surface area (TPSA) is 3.24 Å². The SMILES string of the molecule is CC1(C)C(c2ccc(N(c3ccc(-c4ccccc4)cc3)c3ccc(-c4ccc5ccccc5c4)cc3)cc2)=Cc2c1ccc1ccccc21. The van der Waals surface area contributed by atoms with E-state index in [1.807, 2.05) is 0 Å². The molecule has 0 fully saturated rings. The molecule has 0 bridgehead atoms. The molecule has 1 nitrogen and oxygen atoms in total. The molecule has 1 aliphatic rings. The Kier molecular flexibility index (Phi) is 7.21. The molecular weight excluding hydrogens is 603 g/mol. The highest BCUT2D eigenvalue weighted by Gasteiger charge is 2.34. The number of allylic oxidation sites excluding steroid dienone is 1. The molecule has 0 amide bonds. The summed E-state index contributed by atoms with van der Waals surface area (Å²) in [7, 11) is 0. The maximum absolute atomic E-state index is 2.41. The first kappa shape index (κ1) is 29.9. The third-order valence-corrected chi connectivity index (χ3v) is 10.5. The van der Waals surface area contributed by atoms with Crippen LogP contribution in [-0.2, 0) is 5.41 Å². The van der Waals surface area contributed by atoms with Crippen molar-refractivity contribution < 1.29 is 0 Å². The van der Waals surface area contributed by atoms with Gasteiger partial charge >= 0.3 is 0 Å². The van der Waals surface area contributed by atoms with Crippen LogP contribution in [0.25, 0.3) is 55.4 Å². The number of hydrogen-bond acceptors (Lipinski definition) is 1. The number of benzene rings is 8. The van der Waals surface area contributed by atoms with E-state index in [1.165, 1.54) is 66.1 Å². The zero-order valence-electron chi connectivity index (χ0n) is 28.3. The van der Waals surface area contributed by atoms with Crippen molar-refractivity contribution in [3.05, 3.63) is 199 Å². The standard InChI is InChI=1S/C49H37N/c1-49(2)47-31-24-38-13-8-9-15-45(38)46(47)33-48(49)39-22-29-44(30-23-39)50(42-25-18-36(19-26-42)34-10-4-3-5-11-34)43-27-20-37(21-28-43)41-17-16-35-12-6-7-14-40(35)32-41/h3-33H,1-2H3. The average molecular weight is 640 g/mol.